The summed E-state index contributed by atoms with van der Waals surface area (Å²) in [5.74, 6) is -1.08. The van der Waals surface area contributed by atoms with Gasteiger partial charge in [-0.3, -0.25) is 4.79 Å². The fourth-order valence-electron chi connectivity index (χ4n) is 1.68. The molecular weight excluding hydrogens is 345 g/mol. The van der Waals surface area contributed by atoms with E-state index in [0.29, 0.717) is 10.7 Å². The number of ether oxygens (including phenoxy) is 1. The number of halogens is 2. The maximum atomic E-state index is 12.1. The van der Waals surface area contributed by atoms with E-state index >= 15 is 0 Å². The number of nitro groups is 1. The van der Waals surface area contributed by atoms with Crippen LogP contribution >= 0.6 is 23.2 Å². The van der Waals surface area contributed by atoms with Crippen molar-refractivity contribution in [2.45, 2.75) is 13.0 Å². The Hall–Kier alpha value is -2.38. The molecule has 0 saturated heterocycles. The van der Waals surface area contributed by atoms with Crippen molar-refractivity contribution in [2.24, 2.45) is 0 Å². The Balaban J connectivity index is 2.10. The van der Waals surface area contributed by atoms with E-state index in [4.69, 9.17) is 27.9 Å². The molecule has 0 aliphatic rings. The van der Waals surface area contributed by atoms with E-state index < -0.39 is 22.8 Å². The molecule has 1 aromatic heterocycles. The molecule has 1 heterocycles. The van der Waals surface area contributed by atoms with Crippen molar-refractivity contribution in [1.29, 1.82) is 0 Å². The summed E-state index contributed by atoms with van der Waals surface area (Å²) in [6, 6.07) is 7.44. The fourth-order valence-corrected chi connectivity index (χ4v) is 2.14. The molecule has 0 fully saturated rings. The number of hydrogen-bond donors (Lipinski definition) is 1. The first kappa shape index (κ1) is 17.0. The number of nitrogens with zero attached hydrogens (tertiary/aromatic N) is 2. The lowest BCUT2D eigenvalue weighted by Crippen LogP contribution is -2.30. The minimum absolute atomic E-state index is 0.0950. The number of nitrogens with one attached hydrogen (secondary N) is 1. The summed E-state index contributed by atoms with van der Waals surface area (Å²) in [7, 11) is 0. The van der Waals surface area contributed by atoms with Crippen LogP contribution in [0.2, 0.25) is 10.0 Å². The zero-order valence-corrected chi connectivity index (χ0v) is 13.3. The topological polar surface area (TPSA) is 94.4 Å². The normalized spacial score (nSPS) is 11.6. The second-order valence-electron chi connectivity index (χ2n) is 4.46. The van der Waals surface area contributed by atoms with Crippen molar-refractivity contribution >= 4 is 40.6 Å². The number of hydrogen-bond acceptors (Lipinski definition) is 5. The van der Waals surface area contributed by atoms with Crippen molar-refractivity contribution in [1.82, 2.24) is 4.98 Å². The number of amides is 1. The van der Waals surface area contributed by atoms with E-state index in [2.05, 4.69) is 10.3 Å². The van der Waals surface area contributed by atoms with Crippen molar-refractivity contribution in [3.8, 4) is 5.75 Å². The van der Waals surface area contributed by atoms with Crippen LogP contribution in [0.1, 0.15) is 6.92 Å². The van der Waals surface area contributed by atoms with Crippen LogP contribution in [0.25, 0.3) is 0 Å². The SMILES string of the molecule is CC(Oc1cccnc1[N+](=O)[O-])C(=O)Nc1ccc(Cl)cc1Cl. The predicted octanol–water partition coefficient (Wildman–Crippen LogP) is 3.70. The van der Waals surface area contributed by atoms with Gasteiger partial charge in [0.2, 0.25) is 5.75 Å². The van der Waals surface area contributed by atoms with E-state index in [1.807, 2.05) is 0 Å². The number of aromatic nitrogens is 1. The highest BCUT2D eigenvalue weighted by Crippen LogP contribution is 2.27. The average molecular weight is 356 g/mol. The summed E-state index contributed by atoms with van der Waals surface area (Å²) in [5.41, 5.74) is 0.359. The van der Waals surface area contributed by atoms with Crippen LogP contribution < -0.4 is 10.1 Å². The van der Waals surface area contributed by atoms with Gasteiger partial charge in [-0.1, -0.05) is 23.2 Å². The lowest BCUT2D eigenvalue weighted by molar-refractivity contribution is -0.390. The van der Waals surface area contributed by atoms with Crippen molar-refractivity contribution in [3.05, 3.63) is 56.7 Å². The molecule has 0 spiro atoms. The van der Waals surface area contributed by atoms with Gasteiger partial charge in [0.1, 0.15) is 6.20 Å². The van der Waals surface area contributed by atoms with Crippen LogP contribution in [0.15, 0.2) is 36.5 Å². The second-order valence-corrected chi connectivity index (χ2v) is 5.30. The molecule has 1 unspecified atom stereocenters. The van der Waals surface area contributed by atoms with Gasteiger partial charge in [-0.25, -0.2) is 0 Å². The Morgan fingerprint density at radius 1 is 1.39 bits per heavy atom. The van der Waals surface area contributed by atoms with E-state index in [1.165, 1.54) is 31.3 Å². The highest BCUT2D eigenvalue weighted by Gasteiger charge is 2.22. The highest BCUT2D eigenvalue weighted by molar-refractivity contribution is 6.36. The first-order valence-corrected chi connectivity index (χ1v) is 7.16. The molecule has 0 bridgehead atoms. The third-order valence-electron chi connectivity index (χ3n) is 2.79. The summed E-state index contributed by atoms with van der Waals surface area (Å²) in [6.45, 7) is 1.45. The van der Waals surface area contributed by atoms with Gasteiger partial charge < -0.3 is 20.2 Å². The van der Waals surface area contributed by atoms with Crippen LogP contribution in [0.4, 0.5) is 11.5 Å². The Kier molecular flexibility index (Phi) is 5.36. The molecule has 120 valence electrons. The van der Waals surface area contributed by atoms with Gasteiger partial charge in [-0.2, -0.15) is 0 Å². The summed E-state index contributed by atoms with van der Waals surface area (Å²) in [4.78, 5) is 25.9. The zero-order valence-electron chi connectivity index (χ0n) is 11.8. The van der Waals surface area contributed by atoms with Gasteiger partial charge in [0.25, 0.3) is 5.91 Å². The number of carbonyl (C=O) groups is 1. The third-order valence-corrected chi connectivity index (χ3v) is 3.33. The van der Waals surface area contributed by atoms with Crippen molar-refractivity contribution in [3.63, 3.8) is 0 Å². The molecule has 7 nitrogen and oxygen atoms in total. The first-order chi connectivity index (χ1) is 10.9. The van der Waals surface area contributed by atoms with Crippen molar-refractivity contribution < 1.29 is 14.5 Å². The maximum Gasteiger partial charge on any atom is 0.406 e. The van der Waals surface area contributed by atoms with Gasteiger partial charge in [0, 0.05) is 5.02 Å². The fraction of sp³-hybridized carbons (Fsp3) is 0.143. The molecule has 1 aromatic carbocycles. The zero-order chi connectivity index (χ0) is 17.0. The summed E-state index contributed by atoms with van der Waals surface area (Å²) < 4.78 is 5.32. The maximum absolute atomic E-state index is 12.1. The minimum Gasteiger partial charge on any atom is -0.473 e. The Bertz CT molecular complexity index is 755. The van der Waals surface area contributed by atoms with Crippen LogP contribution in [0.3, 0.4) is 0 Å². The Morgan fingerprint density at radius 2 is 2.13 bits per heavy atom. The molecule has 1 N–H and O–H groups in total. The first-order valence-electron chi connectivity index (χ1n) is 6.40. The standard InChI is InChI=1S/C14H11Cl2N3O4/c1-8(23-12-3-2-6-17-13(12)19(21)22)14(20)18-11-5-4-9(15)7-10(11)16/h2-8H,1H3,(H,18,20). The minimum atomic E-state index is -0.996. The van der Waals surface area contributed by atoms with Gasteiger partial charge >= 0.3 is 5.82 Å². The molecular formula is C14H11Cl2N3O4. The highest BCUT2D eigenvalue weighted by atomic mass is 35.5. The molecule has 0 aliphatic heterocycles. The average Bonchev–Trinajstić information content (AvgIpc) is 2.50. The van der Waals surface area contributed by atoms with Gasteiger partial charge in [0.05, 0.1) is 10.7 Å². The number of carbonyl (C=O) groups excluding carboxylic acids is 1. The second kappa shape index (κ2) is 7.26. The molecule has 0 radical (unpaired) electrons. The summed E-state index contributed by atoms with van der Waals surface area (Å²) in [5, 5.41) is 14.1. The Labute approximate surface area is 141 Å². The van der Waals surface area contributed by atoms with E-state index in [9.17, 15) is 14.9 Å². The number of anilines is 1. The summed E-state index contributed by atoms with van der Waals surface area (Å²) >= 11 is 11.7. The lowest BCUT2D eigenvalue weighted by atomic mass is 10.3. The van der Waals surface area contributed by atoms with Gasteiger partial charge in [-0.15, -0.1) is 0 Å². The predicted molar refractivity (Wildman–Crippen MR) is 86.1 cm³/mol. The smallest absolute Gasteiger partial charge is 0.406 e. The quantitative estimate of drug-likeness (QED) is 0.651. The van der Waals surface area contributed by atoms with Crippen LogP contribution in [0.5, 0.6) is 5.75 Å². The molecule has 2 aromatic rings. The number of benzene rings is 1. The lowest BCUT2D eigenvalue weighted by Gasteiger charge is -2.15. The van der Waals surface area contributed by atoms with Crippen LogP contribution in [0, 0.1) is 10.1 Å². The van der Waals surface area contributed by atoms with Crippen molar-refractivity contribution in [2.75, 3.05) is 5.32 Å². The number of pyridine rings is 1. The largest absolute Gasteiger partial charge is 0.473 e. The van der Waals surface area contributed by atoms with Gasteiger partial charge in [-0.05, 0) is 47.2 Å². The van der Waals surface area contributed by atoms with E-state index in [-0.39, 0.29) is 10.8 Å². The summed E-state index contributed by atoms with van der Waals surface area (Å²) in [6.07, 6.45) is 0.271. The monoisotopic (exact) mass is 355 g/mol. The number of rotatable bonds is 5. The Morgan fingerprint density at radius 3 is 2.78 bits per heavy atom. The molecule has 2 rings (SSSR count). The molecule has 0 aliphatic carbocycles. The van der Waals surface area contributed by atoms with Crippen LogP contribution in [-0.2, 0) is 4.79 Å². The van der Waals surface area contributed by atoms with E-state index in [1.54, 1.807) is 12.1 Å². The third kappa shape index (κ3) is 4.30. The molecule has 23 heavy (non-hydrogen) atoms. The molecule has 1 atom stereocenters. The molecule has 0 saturated carbocycles. The molecule has 1 amide bonds. The van der Waals surface area contributed by atoms with Crippen LogP contribution in [-0.4, -0.2) is 21.9 Å². The van der Waals surface area contributed by atoms with Gasteiger partial charge in [0.15, 0.2) is 6.10 Å². The van der Waals surface area contributed by atoms with E-state index in [0.717, 1.165) is 0 Å². The molecule has 9 heteroatoms.